The maximum atomic E-state index is 15.1. The molecule has 4 saturated heterocycles. The zero-order chi connectivity index (χ0) is 39.1. The first-order chi connectivity index (χ1) is 25.3. The molecule has 0 bridgehead atoms. The van der Waals surface area contributed by atoms with Crippen LogP contribution < -0.4 is 5.43 Å². The van der Waals surface area contributed by atoms with E-state index >= 15 is 4.79 Å². The van der Waals surface area contributed by atoms with Crippen LogP contribution in [0.5, 0.6) is 5.75 Å². The molecule has 13 nitrogen and oxygen atoms in total. The fraction of sp³-hybridized carbons (Fsp3) is 0.585. The Labute approximate surface area is 313 Å². The number of carbonyl (C=O) groups is 2. The van der Waals surface area contributed by atoms with E-state index in [1.807, 2.05) is 51.8 Å². The normalized spacial score (nSPS) is 37.5. The molecule has 0 spiro atoms. The van der Waals surface area contributed by atoms with Crippen LogP contribution in [-0.2, 0) is 24.5 Å². The molecule has 1 unspecified atom stereocenters. The number of phenols is 1. The van der Waals surface area contributed by atoms with Crippen molar-refractivity contribution >= 4 is 22.5 Å². The third-order valence-electron chi connectivity index (χ3n) is 13.0. The van der Waals surface area contributed by atoms with Crippen molar-refractivity contribution in [2.24, 2.45) is 0 Å². The minimum absolute atomic E-state index is 0.00321. The summed E-state index contributed by atoms with van der Waals surface area (Å²) in [5, 5.41) is 34.7. The Morgan fingerprint density at radius 1 is 0.815 bits per heavy atom. The van der Waals surface area contributed by atoms with Crippen molar-refractivity contribution < 1.29 is 48.3 Å². The number of carbonyl (C=O) groups excluding carboxylic acids is 2. The highest BCUT2D eigenvalue weighted by atomic mass is 16.7. The molecule has 54 heavy (non-hydrogen) atoms. The molecule has 5 heterocycles. The lowest BCUT2D eigenvalue weighted by molar-refractivity contribution is -0.176. The molecule has 13 heteroatoms. The van der Waals surface area contributed by atoms with Gasteiger partial charge in [0.25, 0.3) is 0 Å². The van der Waals surface area contributed by atoms with Gasteiger partial charge in [-0.1, -0.05) is 0 Å². The predicted octanol–water partition coefficient (Wildman–Crippen LogP) is 3.66. The van der Waals surface area contributed by atoms with Crippen molar-refractivity contribution in [3.8, 4) is 5.75 Å². The molecule has 0 radical (unpaired) electrons. The lowest BCUT2D eigenvalue weighted by atomic mass is 9.74. The summed E-state index contributed by atoms with van der Waals surface area (Å²) in [6, 6.07) is 4.26. The minimum Gasteiger partial charge on any atom is -0.507 e. The summed E-state index contributed by atoms with van der Waals surface area (Å²) in [5.41, 5.74) is -1.39. The molecule has 4 aliphatic heterocycles. The van der Waals surface area contributed by atoms with Crippen molar-refractivity contribution in [3.05, 3.63) is 73.1 Å². The molecule has 3 aromatic rings. The Kier molecular flexibility index (Phi) is 8.65. The summed E-state index contributed by atoms with van der Waals surface area (Å²) < 4.78 is 30.9. The first kappa shape index (κ1) is 37.4. The van der Waals surface area contributed by atoms with Gasteiger partial charge in [0, 0.05) is 34.3 Å². The maximum absolute atomic E-state index is 15.1. The second-order valence-electron chi connectivity index (χ2n) is 16.9. The largest absolute Gasteiger partial charge is 0.507 e. The first-order valence-corrected chi connectivity index (χ1v) is 18.7. The zero-order valence-electron chi connectivity index (χ0n) is 32.4. The molecule has 0 saturated carbocycles. The summed E-state index contributed by atoms with van der Waals surface area (Å²) in [6.07, 6.45) is -4.44. The van der Waals surface area contributed by atoms with Crippen LogP contribution in [0.25, 0.3) is 11.0 Å². The summed E-state index contributed by atoms with van der Waals surface area (Å²) in [4.78, 5) is 47.7. The zero-order valence-corrected chi connectivity index (χ0v) is 32.4. The van der Waals surface area contributed by atoms with Crippen LogP contribution in [-0.4, -0.2) is 119 Å². The highest BCUT2D eigenvalue weighted by Gasteiger charge is 2.66. The number of fused-ring (bicyclic) bond motifs is 4. The van der Waals surface area contributed by atoms with Gasteiger partial charge in [0.2, 0.25) is 5.78 Å². The fourth-order valence-electron chi connectivity index (χ4n) is 9.24. The van der Waals surface area contributed by atoms with Crippen LogP contribution in [0, 0.1) is 6.92 Å². The van der Waals surface area contributed by atoms with Gasteiger partial charge in [-0.15, -0.1) is 0 Å². The van der Waals surface area contributed by atoms with Gasteiger partial charge in [-0.05, 0) is 106 Å². The number of aromatic hydroxyl groups is 1. The number of phenolic OH excluding ortho intramolecular Hbond substituents is 1. The number of nitrogens with zero attached hydrogens (tertiary/aromatic N) is 2. The summed E-state index contributed by atoms with van der Waals surface area (Å²) in [5.74, 6) is -1.42. The van der Waals surface area contributed by atoms with Gasteiger partial charge in [0.05, 0.1) is 59.2 Å². The number of ether oxygens (including phenoxy) is 4. The Morgan fingerprint density at radius 2 is 1.48 bits per heavy atom. The molecule has 3 N–H and O–H groups in total. The summed E-state index contributed by atoms with van der Waals surface area (Å²) >= 11 is 0. The van der Waals surface area contributed by atoms with Gasteiger partial charge in [0.1, 0.15) is 29.3 Å². The molecule has 5 aliphatic rings. The van der Waals surface area contributed by atoms with Gasteiger partial charge < -0.3 is 48.5 Å². The molecule has 1 aromatic heterocycles. The number of aryl methyl sites for hydroxylation is 1. The fourth-order valence-corrected chi connectivity index (χ4v) is 9.24. The third-order valence-corrected chi connectivity index (χ3v) is 13.0. The molecule has 4 fully saturated rings. The van der Waals surface area contributed by atoms with Gasteiger partial charge in [-0.3, -0.25) is 14.4 Å². The quantitative estimate of drug-likeness (QED) is 0.244. The average Bonchev–Trinajstić information content (AvgIpc) is 4.01. The Morgan fingerprint density at radius 3 is 2.11 bits per heavy atom. The average molecular weight is 747 g/mol. The van der Waals surface area contributed by atoms with E-state index in [1.165, 1.54) is 12.1 Å². The van der Waals surface area contributed by atoms with Crippen molar-refractivity contribution in [2.75, 3.05) is 28.2 Å². The molecule has 2 aromatic carbocycles. The molecule has 290 valence electrons. The first-order valence-electron chi connectivity index (χ1n) is 18.7. The Bertz CT molecular complexity index is 2160. The van der Waals surface area contributed by atoms with Gasteiger partial charge >= 0.3 is 0 Å². The molecular weight excluding hydrogens is 696 g/mol. The standard InChI is InChI=1S/C41H50N2O11/c1-16-11-22-30(37-28(16)24(44)14-27(53-37)41(6)39(54-41)36-18(3)52-36)35(48)31-29(34(22)47)20(25-13-23(42(7)8)32(45)17(2)50-25)12-21(33(31)46)26-15-40(5,43(9)10)38(49)19(4)51-26/h11-12,14,17-19,23,25-26,32,36,38-39,45-46,49H,13,15H2,1-10H3/t17-,18+,19+,23-,25-,26?,32-,36+,38-,39+,40+,41+/m1/s1. The van der Waals surface area contributed by atoms with Crippen LogP contribution in [0.1, 0.15) is 114 Å². The van der Waals surface area contributed by atoms with Crippen LogP contribution in [0.3, 0.4) is 0 Å². The SMILES string of the molecule is Cc1cc2c(c3oc([C@]4(C)O[C@H]4[C@H]4O[C@H]4C)cc(=O)c13)C(=O)c1c(O)c(C3C[C@](C)(N(C)C)[C@H](O)[C@H](C)O3)cc([C@H]3C[C@@H](N(C)C)[C@H](O)[C@@H](C)O3)c1C2=O. The second kappa shape index (κ2) is 12.5. The van der Waals surface area contributed by atoms with Gasteiger partial charge in [-0.25, -0.2) is 0 Å². The van der Waals surface area contributed by atoms with Crippen molar-refractivity contribution in [3.63, 3.8) is 0 Å². The molecule has 12 atom stereocenters. The highest BCUT2D eigenvalue weighted by molar-refractivity contribution is 6.33. The Balaban J connectivity index is 1.34. The topological polar surface area (TPSA) is 175 Å². The monoisotopic (exact) mass is 746 g/mol. The Hall–Kier alpha value is -3.53. The van der Waals surface area contributed by atoms with Gasteiger partial charge in [-0.2, -0.15) is 0 Å². The lowest BCUT2D eigenvalue weighted by Gasteiger charge is -2.49. The molecule has 1 aliphatic carbocycles. The van der Waals surface area contributed by atoms with E-state index in [2.05, 4.69) is 0 Å². The van der Waals surface area contributed by atoms with Gasteiger partial charge in [0.15, 0.2) is 16.8 Å². The maximum Gasteiger partial charge on any atom is 0.202 e. The van der Waals surface area contributed by atoms with E-state index in [0.29, 0.717) is 11.1 Å². The third kappa shape index (κ3) is 5.38. The van der Waals surface area contributed by atoms with E-state index < -0.39 is 65.1 Å². The van der Waals surface area contributed by atoms with E-state index in [-0.39, 0.29) is 87.2 Å². The predicted molar refractivity (Wildman–Crippen MR) is 196 cm³/mol. The summed E-state index contributed by atoms with van der Waals surface area (Å²) in [7, 11) is 7.45. The van der Waals surface area contributed by atoms with Crippen molar-refractivity contribution in [1.29, 1.82) is 0 Å². The number of epoxide rings is 2. The number of likely N-dealkylation sites (N-methyl/N-ethyl adjacent to an activating group) is 2. The number of aliphatic hydroxyl groups is 2. The van der Waals surface area contributed by atoms with E-state index in [1.54, 1.807) is 33.8 Å². The number of ketones is 2. The minimum atomic E-state index is -0.970. The number of aliphatic hydroxyl groups excluding tert-OH is 2. The highest BCUT2D eigenvalue weighted by Crippen LogP contribution is 2.54. The van der Waals surface area contributed by atoms with Crippen LogP contribution >= 0.6 is 0 Å². The summed E-state index contributed by atoms with van der Waals surface area (Å²) in [6.45, 7) is 10.9. The number of hydrogen-bond donors (Lipinski definition) is 3. The smallest absolute Gasteiger partial charge is 0.202 e. The number of rotatable bonds is 6. The second-order valence-corrected chi connectivity index (χ2v) is 16.9. The van der Waals surface area contributed by atoms with Crippen LogP contribution in [0.4, 0.5) is 0 Å². The van der Waals surface area contributed by atoms with Crippen LogP contribution in [0.2, 0.25) is 0 Å². The molecular formula is C41H50N2O11. The van der Waals surface area contributed by atoms with E-state index in [0.717, 1.165) is 0 Å². The number of hydrogen-bond acceptors (Lipinski definition) is 13. The van der Waals surface area contributed by atoms with E-state index in [9.17, 15) is 24.9 Å². The van der Waals surface area contributed by atoms with Crippen molar-refractivity contribution in [1.82, 2.24) is 9.80 Å². The number of benzene rings is 2. The van der Waals surface area contributed by atoms with E-state index in [4.69, 9.17) is 23.4 Å². The molecule has 0 amide bonds. The molecule has 8 rings (SSSR count). The van der Waals surface area contributed by atoms with Crippen LogP contribution in [0.15, 0.2) is 27.4 Å². The lowest BCUT2D eigenvalue weighted by Crippen LogP contribution is -2.59. The van der Waals surface area contributed by atoms with Crippen molar-refractivity contribution in [2.45, 2.75) is 127 Å².